The Kier molecular flexibility index (Phi) is 5.78. The first-order chi connectivity index (χ1) is 9.66. The van der Waals surface area contributed by atoms with Gasteiger partial charge in [0.1, 0.15) is 0 Å². The molecule has 3 N–H and O–H groups in total. The van der Waals surface area contributed by atoms with Crippen LogP contribution in [-0.2, 0) is 9.53 Å². The number of ether oxygens (including phenoxy) is 1. The minimum atomic E-state index is -0.565. The van der Waals surface area contributed by atoms with Crippen molar-refractivity contribution in [3.63, 3.8) is 0 Å². The van der Waals surface area contributed by atoms with Crippen LogP contribution in [0.2, 0.25) is 0 Å². The second-order valence-corrected chi connectivity index (χ2v) is 6.44. The van der Waals surface area contributed by atoms with E-state index in [0.29, 0.717) is 21.3 Å². The van der Waals surface area contributed by atoms with E-state index in [1.54, 1.807) is 19.1 Å². The van der Waals surface area contributed by atoms with Gasteiger partial charge in [-0.05, 0) is 44.9 Å². The van der Waals surface area contributed by atoms with Crippen molar-refractivity contribution in [1.82, 2.24) is 5.32 Å². The van der Waals surface area contributed by atoms with Gasteiger partial charge in [0.15, 0.2) is 6.61 Å². The van der Waals surface area contributed by atoms with Crippen molar-refractivity contribution in [3.05, 3.63) is 27.7 Å². The van der Waals surface area contributed by atoms with Gasteiger partial charge in [-0.15, -0.1) is 0 Å². The number of halogens is 1. The molecule has 6 heteroatoms. The molecule has 1 rings (SSSR count). The first-order valence-corrected chi connectivity index (χ1v) is 7.49. The Morgan fingerprint density at radius 3 is 2.57 bits per heavy atom. The van der Waals surface area contributed by atoms with Crippen molar-refractivity contribution in [2.45, 2.75) is 39.7 Å². The summed E-state index contributed by atoms with van der Waals surface area (Å²) in [5, 5.41) is 2.80. The quantitative estimate of drug-likeness (QED) is 0.627. The van der Waals surface area contributed by atoms with Crippen LogP contribution < -0.4 is 11.1 Å². The zero-order valence-electron chi connectivity index (χ0n) is 12.7. The van der Waals surface area contributed by atoms with Gasteiger partial charge in [-0.25, -0.2) is 4.79 Å². The van der Waals surface area contributed by atoms with Crippen LogP contribution in [0.3, 0.4) is 0 Å². The summed E-state index contributed by atoms with van der Waals surface area (Å²) in [5.74, 6) is -0.888. The third-order valence-electron chi connectivity index (χ3n) is 3.33. The molecule has 116 valence electrons. The standard InChI is InChI=1S/C15H21BrN2O3/c1-5-15(3,4)18-13(19)8-21-14(20)11-6-10(16)7-12(17)9(11)2/h6-7H,5,8,17H2,1-4H3,(H,18,19). The Morgan fingerprint density at radius 1 is 1.38 bits per heavy atom. The summed E-state index contributed by atoms with van der Waals surface area (Å²) in [4.78, 5) is 23.8. The predicted octanol–water partition coefficient (Wildman–Crippen LogP) is 2.80. The molecule has 5 nitrogen and oxygen atoms in total. The summed E-state index contributed by atoms with van der Waals surface area (Å²) in [6, 6.07) is 3.34. The van der Waals surface area contributed by atoms with E-state index in [1.165, 1.54) is 0 Å². The van der Waals surface area contributed by atoms with Gasteiger partial charge in [-0.2, -0.15) is 0 Å². The number of hydrogen-bond acceptors (Lipinski definition) is 4. The number of nitrogen functional groups attached to an aromatic ring is 1. The molecule has 1 aromatic carbocycles. The summed E-state index contributed by atoms with van der Waals surface area (Å²) in [6.45, 7) is 7.21. The highest BCUT2D eigenvalue weighted by atomic mass is 79.9. The minimum absolute atomic E-state index is 0.311. The van der Waals surface area contributed by atoms with Crippen LogP contribution in [0.5, 0.6) is 0 Å². The number of carbonyl (C=O) groups is 2. The topological polar surface area (TPSA) is 81.4 Å². The van der Waals surface area contributed by atoms with Crippen LogP contribution in [0.25, 0.3) is 0 Å². The molecule has 0 aliphatic rings. The predicted molar refractivity (Wildman–Crippen MR) is 86.1 cm³/mol. The highest BCUT2D eigenvalue weighted by molar-refractivity contribution is 9.10. The molecule has 0 heterocycles. The second-order valence-electron chi connectivity index (χ2n) is 5.53. The minimum Gasteiger partial charge on any atom is -0.452 e. The Morgan fingerprint density at radius 2 is 2.00 bits per heavy atom. The third-order valence-corrected chi connectivity index (χ3v) is 3.79. The number of benzene rings is 1. The lowest BCUT2D eigenvalue weighted by molar-refractivity contribution is -0.125. The fourth-order valence-electron chi connectivity index (χ4n) is 1.62. The maximum absolute atomic E-state index is 12.0. The van der Waals surface area contributed by atoms with Gasteiger partial charge in [0.2, 0.25) is 0 Å². The van der Waals surface area contributed by atoms with E-state index < -0.39 is 5.97 Å². The fraction of sp³-hybridized carbons (Fsp3) is 0.467. The first-order valence-electron chi connectivity index (χ1n) is 6.70. The highest BCUT2D eigenvalue weighted by Gasteiger charge is 2.20. The van der Waals surface area contributed by atoms with Crippen LogP contribution in [0.15, 0.2) is 16.6 Å². The molecule has 0 bridgehead atoms. The maximum Gasteiger partial charge on any atom is 0.339 e. The van der Waals surface area contributed by atoms with Crippen molar-refractivity contribution in [1.29, 1.82) is 0 Å². The van der Waals surface area contributed by atoms with Crippen molar-refractivity contribution in [2.24, 2.45) is 0 Å². The number of hydrogen-bond donors (Lipinski definition) is 2. The molecule has 0 saturated heterocycles. The molecule has 0 saturated carbocycles. The summed E-state index contributed by atoms with van der Waals surface area (Å²) >= 11 is 3.28. The lowest BCUT2D eigenvalue weighted by atomic mass is 10.0. The molecule has 0 radical (unpaired) electrons. The van der Waals surface area contributed by atoms with Gasteiger partial charge >= 0.3 is 5.97 Å². The van der Waals surface area contributed by atoms with Gasteiger partial charge in [-0.1, -0.05) is 22.9 Å². The van der Waals surface area contributed by atoms with E-state index in [4.69, 9.17) is 10.5 Å². The monoisotopic (exact) mass is 356 g/mol. The molecule has 0 aliphatic heterocycles. The van der Waals surface area contributed by atoms with Gasteiger partial charge in [-0.3, -0.25) is 4.79 Å². The van der Waals surface area contributed by atoms with E-state index in [2.05, 4.69) is 21.2 Å². The zero-order chi connectivity index (χ0) is 16.2. The van der Waals surface area contributed by atoms with Crippen molar-refractivity contribution in [2.75, 3.05) is 12.3 Å². The second kappa shape index (κ2) is 6.93. The third kappa shape index (κ3) is 5.04. The summed E-state index contributed by atoms with van der Waals surface area (Å²) < 4.78 is 5.73. The molecule has 21 heavy (non-hydrogen) atoms. The Hall–Kier alpha value is -1.56. The van der Waals surface area contributed by atoms with Gasteiger partial charge in [0, 0.05) is 15.7 Å². The number of esters is 1. The summed E-state index contributed by atoms with van der Waals surface area (Å²) in [5.41, 5.74) is 6.96. The van der Waals surface area contributed by atoms with E-state index in [9.17, 15) is 9.59 Å². The number of nitrogens with one attached hydrogen (secondary N) is 1. The van der Waals surface area contributed by atoms with E-state index in [1.807, 2.05) is 20.8 Å². The molecule has 0 aromatic heterocycles. The van der Waals surface area contributed by atoms with Gasteiger partial charge in [0.25, 0.3) is 5.91 Å². The van der Waals surface area contributed by atoms with Crippen molar-refractivity contribution < 1.29 is 14.3 Å². The number of nitrogens with two attached hydrogens (primary N) is 1. The van der Waals surface area contributed by atoms with Gasteiger partial charge < -0.3 is 15.8 Å². The average Bonchev–Trinajstić information content (AvgIpc) is 2.39. The summed E-state index contributed by atoms with van der Waals surface area (Å²) in [7, 11) is 0. The zero-order valence-corrected chi connectivity index (χ0v) is 14.3. The molecule has 0 unspecified atom stereocenters. The molecular formula is C15H21BrN2O3. The number of anilines is 1. The van der Waals surface area contributed by atoms with E-state index >= 15 is 0 Å². The van der Waals surface area contributed by atoms with Crippen molar-refractivity contribution >= 4 is 33.5 Å². The van der Waals surface area contributed by atoms with E-state index in [-0.39, 0.29) is 18.1 Å². The molecule has 0 atom stereocenters. The molecular weight excluding hydrogens is 336 g/mol. The SMILES string of the molecule is CCC(C)(C)NC(=O)COC(=O)c1cc(Br)cc(N)c1C. The first kappa shape index (κ1) is 17.5. The van der Waals surface area contributed by atoms with Crippen LogP contribution in [0.1, 0.15) is 43.1 Å². The van der Waals surface area contributed by atoms with Crippen LogP contribution >= 0.6 is 15.9 Å². The van der Waals surface area contributed by atoms with Crippen LogP contribution in [-0.4, -0.2) is 24.0 Å². The Balaban J connectivity index is 2.69. The average molecular weight is 357 g/mol. The largest absolute Gasteiger partial charge is 0.452 e. The van der Waals surface area contributed by atoms with Crippen molar-refractivity contribution in [3.8, 4) is 0 Å². The maximum atomic E-state index is 12.0. The lowest BCUT2D eigenvalue weighted by Gasteiger charge is -2.24. The molecule has 1 amide bonds. The molecule has 0 fully saturated rings. The van der Waals surface area contributed by atoms with Crippen LogP contribution in [0, 0.1) is 6.92 Å². The number of rotatable bonds is 5. The fourth-order valence-corrected chi connectivity index (χ4v) is 2.10. The molecule has 0 aliphatic carbocycles. The normalized spacial score (nSPS) is 11.1. The summed E-state index contributed by atoms with van der Waals surface area (Å²) in [6.07, 6.45) is 0.786. The molecule has 0 spiro atoms. The smallest absolute Gasteiger partial charge is 0.339 e. The van der Waals surface area contributed by atoms with Gasteiger partial charge in [0.05, 0.1) is 5.56 Å². The highest BCUT2D eigenvalue weighted by Crippen LogP contribution is 2.23. The number of amides is 1. The van der Waals surface area contributed by atoms with Crippen LogP contribution in [0.4, 0.5) is 5.69 Å². The lowest BCUT2D eigenvalue weighted by Crippen LogP contribution is -2.44. The molecule has 1 aromatic rings. The van der Waals surface area contributed by atoms with E-state index in [0.717, 1.165) is 6.42 Å². The number of carbonyl (C=O) groups excluding carboxylic acids is 2. The Bertz CT molecular complexity index is 556. The Labute approximate surface area is 133 Å².